The number of aromatic nitrogens is 8. The van der Waals surface area contributed by atoms with Crippen LogP contribution in [0.2, 0.25) is 0 Å². The summed E-state index contributed by atoms with van der Waals surface area (Å²) in [5.74, 6) is 0.0375. The van der Waals surface area contributed by atoms with Crippen molar-refractivity contribution in [2.45, 2.75) is 50.5 Å². The fraction of sp³-hybridized carbons (Fsp3) is 0.375. The van der Waals surface area contributed by atoms with Crippen molar-refractivity contribution < 1.29 is 31.9 Å². The molecular weight excluding hydrogens is 555 g/mol. The summed E-state index contributed by atoms with van der Waals surface area (Å²) in [6.45, 7) is -3.02. The van der Waals surface area contributed by atoms with E-state index in [0.717, 1.165) is 22.7 Å². The molecule has 0 bridgehead atoms. The number of carboxylic acid groups (broad SMARTS) is 1. The molecule has 0 atom stereocenters. The van der Waals surface area contributed by atoms with Crippen molar-refractivity contribution >= 4 is 17.9 Å². The first-order chi connectivity index (χ1) is 19.5. The topological polar surface area (TPSA) is 140 Å². The van der Waals surface area contributed by atoms with Crippen molar-refractivity contribution in [1.29, 1.82) is 0 Å². The molecule has 1 fully saturated rings. The molecule has 4 aromatic heterocycles. The summed E-state index contributed by atoms with van der Waals surface area (Å²) >= 11 is 0. The Bertz CT molecular complexity index is 1510. The Kier molecular flexibility index (Phi) is 7.51. The second-order valence-electron chi connectivity index (χ2n) is 9.38. The number of hydrogen-bond donors (Lipinski definition) is 2. The average molecular weight is 579 g/mol. The minimum atomic E-state index is -4.83. The number of aryl methyl sites for hydroxylation is 1. The highest BCUT2D eigenvalue weighted by Crippen LogP contribution is 2.36. The molecule has 0 radical (unpaired) electrons. The second kappa shape index (κ2) is 11.1. The Hall–Kier alpha value is -4.70. The quantitative estimate of drug-likeness (QED) is 0.295. The lowest BCUT2D eigenvalue weighted by Crippen LogP contribution is -2.44. The first-order valence-electron chi connectivity index (χ1n) is 12.4. The van der Waals surface area contributed by atoms with Crippen LogP contribution in [0.3, 0.4) is 0 Å². The van der Waals surface area contributed by atoms with E-state index in [4.69, 9.17) is 0 Å². The fourth-order valence-electron chi connectivity index (χ4n) is 4.68. The third kappa shape index (κ3) is 6.07. The van der Waals surface area contributed by atoms with Gasteiger partial charge in [-0.1, -0.05) is 0 Å². The maximum atomic E-state index is 13.6. The molecule has 5 rings (SSSR count). The Morgan fingerprint density at radius 2 is 1.83 bits per heavy atom. The number of nitrogens with zero attached hydrogens (tertiary/aromatic N) is 9. The molecule has 0 aromatic carbocycles. The number of amides is 1. The molecular formula is C24H23F5N10O2. The Balaban J connectivity index is 1.28. The van der Waals surface area contributed by atoms with Gasteiger partial charge in [0.05, 0.1) is 24.3 Å². The SMILES string of the molecule is Cn1cc(-c2cnc(N(C(=O)O)C3CCC(Nc4ncc(C(F)(F)F)c(-c5ccn(C(F)F)n5)n4)CC3)cn2)cn1. The number of anilines is 2. The molecule has 1 aliphatic rings. The zero-order chi connectivity index (χ0) is 29.3. The maximum absolute atomic E-state index is 13.6. The van der Waals surface area contributed by atoms with Crippen molar-refractivity contribution in [3.8, 4) is 22.6 Å². The van der Waals surface area contributed by atoms with Crippen LogP contribution in [0, 0.1) is 0 Å². The van der Waals surface area contributed by atoms with Crippen LogP contribution in [0.15, 0.2) is 43.2 Å². The lowest BCUT2D eigenvalue weighted by Gasteiger charge is -2.34. The van der Waals surface area contributed by atoms with Crippen LogP contribution in [0.5, 0.6) is 0 Å². The van der Waals surface area contributed by atoms with Gasteiger partial charge in [0, 0.05) is 43.3 Å². The molecule has 216 valence electrons. The van der Waals surface area contributed by atoms with Gasteiger partial charge in [0.25, 0.3) is 0 Å². The molecule has 41 heavy (non-hydrogen) atoms. The number of alkyl halides is 5. The third-order valence-corrected chi connectivity index (χ3v) is 6.63. The van der Waals surface area contributed by atoms with Crippen molar-refractivity contribution in [1.82, 2.24) is 39.5 Å². The predicted octanol–water partition coefficient (Wildman–Crippen LogP) is 4.85. The van der Waals surface area contributed by atoms with Crippen LogP contribution >= 0.6 is 0 Å². The molecule has 0 spiro atoms. The van der Waals surface area contributed by atoms with Gasteiger partial charge in [0.1, 0.15) is 17.0 Å². The Morgan fingerprint density at radius 1 is 1.07 bits per heavy atom. The van der Waals surface area contributed by atoms with E-state index in [-0.39, 0.29) is 28.2 Å². The minimum Gasteiger partial charge on any atom is -0.465 e. The normalized spacial score (nSPS) is 17.5. The maximum Gasteiger partial charge on any atom is 0.420 e. The smallest absolute Gasteiger partial charge is 0.420 e. The summed E-state index contributed by atoms with van der Waals surface area (Å²) in [5.41, 5.74) is -0.944. The molecule has 17 heteroatoms. The highest BCUT2D eigenvalue weighted by molar-refractivity contribution is 5.85. The van der Waals surface area contributed by atoms with Crippen molar-refractivity contribution in [3.05, 3.63) is 48.8 Å². The highest BCUT2D eigenvalue weighted by Gasteiger charge is 2.37. The van der Waals surface area contributed by atoms with E-state index in [1.807, 2.05) is 0 Å². The average Bonchev–Trinajstić information content (AvgIpc) is 3.59. The molecule has 0 saturated heterocycles. The molecule has 12 nitrogen and oxygen atoms in total. The Morgan fingerprint density at radius 3 is 2.39 bits per heavy atom. The number of nitrogens with one attached hydrogen (secondary N) is 1. The number of halogens is 5. The zero-order valence-electron chi connectivity index (χ0n) is 21.4. The molecule has 0 aliphatic heterocycles. The summed E-state index contributed by atoms with van der Waals surface area (Å²) in [5, 5.41) is 20.5. The summed E-state index contributed by atoms with van der Waals surface area (Å²) < 4.78 is 68.4. The molecule has 1 aliphatic carbocycles. The van der Waals surface area contributed by atoms with Crippen LogP contribution < -0.4 is 10.2 Å². The van der Waals surface area contributed by atoms with E-state index in [1.54, 1.807) is 24.1 Å². The standard InChI is InChI=1S/C24H23F5N10O2/c1-37-12-13(8-33-37)18-10-31-19(11-30-18)39(23(40)41)15-4-2-14(3-5-15)34-22-32-9-16(24(27,28)29)20(35-22)17-6-7-38(36-17)21(25)26/h6-12,14-15,21H,2-5H2,1H3,(H,40,41)(H,32,34,35). The molecule has 2 N–H and O–H groups in total. The lowest BCUT2D eigenvalue weighted by molar-refractivity contribution is -0.137. The number of carbonyl (C=O) groups is 1. The van der Waals surface area contributed by atoms with Crippen molar-refractivity contribution in [3.63, 3.8) is 0 Å². The van der Waals surface area contributed by atoms with E-state index in [9.17, 15) is 31.9 Å². The van der Waals surface area contributed by atoms with Gasteiger partial charge < -0.3 is 10.4 Å². The monoisotopic (exact) mass is 578 g/mol. The number of hydrogen-bond acceptors (Lipinski definition) is 8. The van der Waals surface area contributed by atoms with Gasteiger partial charge in [-0.15, -0.1) is 0 Å². The summed E-state index contributed by atoms with van der Waals surface area (Å²) in [6.07, 6.45) is 3.39. The number of rotatable bonds is 7. The second-order valence-corrected chi connectivity index (χ2v) is 9.38. The molecule has 1 amide bonds. The third-order valence-electron chi connectivity index (χ3n) is 6.63. The van der Waals surface area contributed by atoms with Gasteiger partial charge in [0.2, 0.25) is 5.95 Å². The molecule has 4 heterocycles. The van der Waals surface area contributed by atoms with E-state index < -0.39 is 36.1 Å². The zero-order valence-corrected chi connectivity index (χ0v) is 21.4. The minimum absolute atomic E-state index is 0.130. The van der Waals surface area contributed by atoms with Crippen LogP contribution in [0.4, 0.5) is 38.5 Å². The van der Waals surface area contributed by atoms with Gasteiger partial charge in [-0.3, -0.25) is 14.6 Å². The molecule has 0 unspecified atom stereocenters. The van der Waals surface area contributed by atoms with E-state index in [2.05, 4.69) is 35.5 Å². The van der Waals surface area contributed by atoms with Gasteiger partial charge in [-0.25, -0.2) is 24.4 Å². The van der Waals surface area contributed by atoms with E-state index in [0.29, 0.717) is 37.6 Å². The first kappa shape index (κ1) is 27.9. The largest absolute Gasteiger partial charge is 0.465 e. The van der Waals surface area contributed by atoms with Crippen LogP contribution in [0.25, 0.3) is 22.6 Å². The summed E-state index contributed by atoms with van der Waals surface area (Å²) in [7, 11) is 1.76. The highest BCUT2D eigenvalue weighted by atomic mass is 19.4. The summed E-state index contributed by atoms with van der Waals surface area (Å²) in [4.78, 5) is 29.6. The Labute approximate surface area is 228 Å². The predicted molar refractivity (Wildman–Crippen MR) is 134 cm³/mol. The first-order valence-corrected chi connectivity index (χ1v) is 12.4. The van der Waals surface area contributed by atoms with Crippen molar-refractivity contribution in [2.24, 2.45) is 7.05 Å². The van der Waals surface area contributed by atoms with Gasteiger partial charge in [-0.05, 0) is 31.7 Å². The molecule has 1 saturated carbocycles. The van der Waals surface area contributed by atoms with Gasteiger partial charge in [0.15, 0.2) is 5.82 Å². The van der Waals surface area contributed by atoms with E-state index >= 15 is 0 Å². The van der Waals surface area contributed by atoms with Crippen molar-refractivity contribution in [2.75, 3.05) is 10.2 Å². The van der Waals surface area contributed by atoms with Crippen LogP contribution in [0.1, 0.15) is 37.8 Å². The van der Waals surface area contributed by atoms with E-state index in [1.165, 1.54) is 12.4 Å². The van der Waals surface area contributed by atoms with Crippen LogP contribution in [-0.4, -0.2) is 62.8 Å². The lowest BCUT2D eigenvalue weighted by atomic mass is 9.90. The fourth-order valence-corrected chi connectivity index (χ4v) is 4.68. The molecule has 4 aromatic rings. The van der Waals surface area contributed by atoms with Crippen LogP contribution in [-0.2, 0) is 13.2 Å². The summed E-state index contributed by atoms with van der Waals surface area (Å²) in [6, 6.07) is 0.335. The van der Waals surface area contributed by atoms with Gasteiger partial charge in [-0.2, -0.15) is 32.1 Å². The van der Waals surface area contributed by atoms with Gasteiger partial charge >= 0.3 is 18.8 Å².